The van der Waals surface area contributed by atoms with E-state index in [1.807, 2.05) is 47.5 Å². The molecule has 0 saturated carbocycles. The fourth-order valence-electron chi connectivity index (χ4n) is 3.94. The number of thiophene rings is 1. The Morgan fingerprint density at radius 3 is 2.47 bits per heavy atom. The number of halogens is 1. The van der Waals surface area contributed by atoms with Crippen LogP contribution in [0.3, 0.4) is 0 Å². The van der Waals surface area contributed by atoms with Crippen molar-refractivity contribution in [2.24, 2.45) is 0 Å². The van der Waals surface area contributed by atoms with Crippen LogP contribution in [0.2, 0.25) is 0 Å². The molecule has 36 heavy (non-hydrogen) atoms. The van der Waals surface area contributed by atoms with Crippen molar-refractivity contribution >= 4 is 39.1 Å². The van der Waals surface area contributed by atoms with Gasteiger partial charge in [0.15, 0.2) is 0 Å². The molecular weight excluding hydrogens is 538 g/mol. The van der Waals surface area contributed by atoms with Gasteiger partial charge in [-0.3, -0.25) is 9.59 Å². The number of carbonyl (C=O) groups excluding carboxylic acids is 2. The van der Waals surface area contributed by atoms with E-state index in [0.717, 1.165) is 29.6 Å². The van der Waals surface area contributed by atoms with Gasteiger partial charge in [0.25, 0.3) is 5.91 Å². The van der Waals surface area contributed by atoms with E-state index in [9.17, 15) is 9.59 Å². The number of rotatable bonds is 15. The van der Waals surface area contributed by atoms with Crippen molar-refractivity contribution in [3.8, 4) is 0 Å². The van der Waals surface area contributed by atoms with Crippen LogP contribution in [-0.4, -0.2) is 59.0 Å². The Kier molecular flexibility index (Phi) is 11.7. The number of nitrogens with zero attached hydrogens (tertiary/aromatic N) is 3. The molecule has 8 heteroatoms. The summed E-state index contributed by atoms with van der Waals surface area (Å²) in [6.45, 7) is 7.77. The fourth-order valence-corrected chi connectivity index (χ4v) is 4.90. The summed E-state index contributed by atoms with van der Waals surface area (Å²) in [5.41, 5.74) is 2.28. The molecule has 2 amide bonds. The standard InChI is InChI=1S/C28H36BrN3O3S/c1-3-5-15-31(21-25-9-6-16-30(25)20-23-11-13-24(29)14-12-23)27(33)22-32(17-8-18-35-4-2)28(34)26-10-7-19-36-26/h6-7,9-14,16,19H,3-5,8,15,17-18,20-22H2,1-2H3. The highest BCUT2D eigenvalue weighted by Gasteiger charge is 2.23. The lowest BCUT2D eigenvalue weighted by atomic mass is 10.2. The van der Waals surface area contributed by atoms with Crippen molar-refractivity contribution in [3.05, 3.63) is 80.7 Å². The van der Waals surface area contributed by atoms with Gasteiger partial charge >= 0.3 is 0 Å². The van der Waals surface area contributed by atoms with Crippen LogP contribution in [0.25, 0.3) is 0 Å². The molecule has 0 N–H and O–H groups in total. The molecule has 1 aromatic carbocycles. The minimum absolute atomic E-state index is 0.0267. The molecule has 0 atom stereocenters. The molecule has 0 unspecified atom stereocenters. The third-order valence-electron chi connectivity index (χ3n) is 5.94. The molecule has 3 aromatic rings. The molecule has 0 bridgehead atoms. The minimum Gasteiger partial charge on any atom is -0.382 e. The van der Waals surface area contributed by atoms with Crippen molar-refractivity contribution < 1.29 is 14.3 Å². The van der Waals surface area contributed by atoms with Crippen LogP contribution in [0.5, 0.6) is 0 Å². The molecule has 3 rings (SSSR count). The van der Waals surface area contributed by atoms with Gasteiger partial charge in [-0.2, -0.15) is 0 Å². The third-order valence-corrected chi connectivity index (χ3v) is 7.33. The molecule has 2 aromatic heterocycles. The maximum atomic E-state index is 13.5. The van der Waals surface area contributed by atoms with Gasteiger partial charge in [-0.15, -0.1) is 11.3 Å². The van der Waals surface area contributed by atoms with Gasteiger partial charge in [0.1, 0.15) is 6.54 Å². The van der Waals surface area contributed by atoms with Crippen LogP contribution in [0, 0.1) is 0 Å². The Hall–Kier alpha value is -2.42. The van der Waals surface area contributed by atoms with E-state index in [1.54, 1.807) is 4.90 Å². The third kappa shape index (κ3) is 8.61. The lowest BCUT2D eigenvalue weighted by Gasteiger charge is -2.28. The van der Waals surface area contributed by atoms with Crippen molar-refractivity contribution in [2.45, 2.75) is 46.2 Å². The average molecular weight is 575 g/mol. The first-order chi connectivity index (χ1) is 17.5. The van der Waals surface area contributed by atoms with E-state index in [-0.39, 0.29) is 18.4 Å². The van der Waals surface area contributed by atoms with Crippen LogP contribution in [0.15, 0.2) is 64.6 Å². The average Bonchev–Trinajstić information content (AvgIpc) is 3.57. The first-order valence-corrected chi connectivity index (χ1v) is 14.3. The molecule has 194 valence electrons. The van der Waals surface area contributed by atoms with Crippen LogP contribution in [0.1, 0.15) is 54.0 Å². The Bertz CT molecular complexity index is 1070. The zero-order valence-electron chi connectivity index (χ0n) is 21.2. The first-order valence-electron chi connectivity index (χ1n) is 12.6. The smallest absolute Gasteiger partial charge is 0.264 e. The quantitative estimate of drug-likeness (QED) is 0.208. The van der Waals surface area contributed by atoms with Gasteiger partial charge in [-0.1, -0.05) is 47.5 Å². The van der Waals surface area contributed by atoms with Gasteiger partial charge in [0.2, 0.25) is 5.91 Å². The summed E-state index contributed by atoms with van der Waals surface area (Å²) < 4.78 is 8.70. The lowest BCUT2D eigenvalue weighted by Crippen LogP contribution is -2.43. The van der Waals surface area contributed by atoms with Gasteiger partial charge in [-0.05, 0) is 61.0 Å². The van der Waals surface area contributed by atoms with Gasteiger partial charge in [-0.25, -0.2) is 0 Å². The van der Waals surface area contributed by atoms with E-state index in [1.165, 1.54) is 16.9 Å². The zero-order valence-corrected chi connectivity index (χ0v) is 23.6. The maximum Gasteiger partial charge on any atom is 0.264 e. The highest BCUT2D eigenvalue weighted by atomic mass is 79.9. The highest BCUT2D eigenvalue weighted by Crippen LogP contribution is 2.16. The second-order valence-corrected chi connectivity index (χ2v) is 10.5. The number of ether oxygens (including phenoxy) is 1. The number of carbonyl (C=O) groups is 2. The minimum atomic E-state index is -0.0936. The number of hydrogen-bond acceptors (Lipinski definition) is 4. The summed E-state index contributed by atoms with van der Waals surface area (Å²) in [7, 11) is 0. The number of hydrogen-bond donors (Lipinski definition) is 0. The van der Waals surface area contributed by atoms with Crippen LogP contribution in [-0.2, 0) is 22.6 Å². The second kappa shape index (κ2) is 15.0. The Morgan fingerprint density at radius 2 is 1.78 bits per heavy atom. The predicted octanol–water partition coefficient (Wildman–Crippen LogP) is 6.06. The first kappa shape index (κ1) is 28.2. The largest absolute Gasteiger partial charge is 0.382 e. The Balaban J connectivity index is 1.72. The highest BCUT2D eigenvalue weighted by molar-refractivity contribution is 9.10. The molecule has 0 aliphatic heterocycles. The predicted molar refractivity (Wildman–Crippen MR) is 149 cm³/mol. The van der Waals surface area contributed by atoms with Crippen molar-refractivity contribution in [3.63, 3.8) is 0 Å². The Labute approximate surface area is 227 Å². The summed E-state index contributed by atoms with van der Waals surface area (Å²) in [5.74, 6) is -0.120. The molecule has 0 aliphatic rings. The van der Waals surface area contributed by atoms with E-state index in [0.29, 0.717) is 44.1 Å². The molecule has 0 spiro atoms. The van der Waals surface area contributed by atoms with Crippen molar-refractivity contribution in [1.29, 1.82) is 0 Å². The lowest BCUT2D eigenvalue weighted by molar-refractivity contribution is -0.132. The number of benzene rings is 1. The van der Waals surface area contributed by atoms with Crippen LogP contribution in [0.4, 0.5) is 0 Å². The molecule has 0 radical (unpaired) electrons. The van der Waals surface area contributed by atoms with E-state index < -0.39 is 0 Å². The normalized spacial score (nSPS) is 11.0. The van der Waals surface area contributed by atoms with Crippen molar-refractivity contribution in [1.82, 2.24) is 14.4 Å². The second-order valence-electron chi connectivity index (χ2n) is 8.68. The van der Waals surface area contributed by atoms with E-state index >= 15 is 0 Å². The maximum absolute atomic E-state index is 13.5. The van der Waals surface area contributed by atoms with Crippen LogP contribution < -0.4 is 0 Å². The SMILES string of the molecule is CCCCN(Cc1cccn1Cc1ccc(Br)cc1)C(=O)CN(CCCOCC)C(=O)c1cccs1. The number of amides is 2. The fraction of sp³-hybridized carbons (Fsp3) is 0.429. The molecule has 0 aliphatic carbocycles. The molecule has 2 heterocycles. The van der Waals surface area contributed by atoms with Gasteiger partial charge in [0, 0.05) is 49.2 Å². The summed E-state index contributed by atoms with van der Waals surface area (Å²) in [4.78, 5) is 30.9. The van der Waals surface area contributed by atoms with E-state index in [4.69, 9.17) is 4.74 Å². The molecule has 0 saturated heterocycles. The van der Waals surface area contributed by atoms with Crippen LogP contribution >= 0.6 is 27.3 Å². The molecular formula is C28H36BrN3O3S. The van der Waals surface area contributed by atoms with Gasteiger partial charge < -0.3 is 19.1 Å². The summed E-state index contributed by atoms with van der Waals surface area (Å²) >= 11 is 4.90. The van der Waals surface area contributed by atoms with Crippen molar-refractivity contribution in [2.75, 3.05) is 32.8 Å². The molecule has 6 nitrogen and oxygen atoms in total. The zero-order chi connectivity index (χ0) is 25.8. The van der Waals surface area contributed by atoms with Gasteiger partial charge in [0.05, 0.1) is 11.4 Å². The topological polar surface area (TPSA) is 54.8 Å². The summed E-state index contributed by atoms with van der Waals surface area (Å²) in [6, 6.07) is 16.1. The monoisotopic (exact) mass is 573 g/mol. The number of aromatic nitrogens is 1. The molecule has 0 fully saturated rings. The Morgan fingerprint density at radius 1 is 1.00 bits per heavy atom. The number of unbranched alkanes of at least 4 members (excludes halogenated alkanes) is 1. The summed E-state index contributed by atoms with van der Waals surface area (Å²) in [6.07, 6.45) is 4.67. The van der Waals surface area contributed by atoms with E-state index in [2.05, 4.69) is 51.8 Å². The summed E-state index contributed by atoms with van der Waals surface area (Å²) in [5, 5.41) is 1.89.